The summed E-state index contributed by atoms with van der Waals surface area (Å²) in [6, 6.07) is 1.73. The molecule has 3 rings (SSSR count). The number of rotatable bonds is 1. The van der Waals surface area contributed by atoms with Crippen LogP contribution in [-0.4, -0.2) is 29.7 Å². The standard InChI is InChI=1S/C9H5ClN6/c10-8-13-4-6-5-14-16(7(6)15-8)9-11-2-1-3-12-9/h1-5H. The van der Waals surface area contributed by atoms with E-state index >= 15 is 0 Å². The number of halogens is 1. The molecule has 0 aliphatic rings. The van der Waals surface area contributed by atoms with Crippen molar-refractivity contribution in [2.45, 2.75) is 0 Å². The van der Waals surface area contributed by atoms with Crippen molar-refractivity contribution in [3.8, 4) is 5.95 Å². The fourth-order valence-electron chi connectivity index (χ4n) is 1.34. The first kappa shape index (κ1) is 9.17. The molecule has 7 heteroatoms. The van der Waals surface area contributed by atoms with E-state index < -0.39 is 0 Å². The van der Waals surface area contributed by atoms with E-state index in [0.29, 0.717) is 11.6 Å². The average Bonchev–Trinajstić information content (AvgIpc) is 2.73. The van der Waals surface area contributed by atoms with Gasteiger partial charge >= 0.3 is 0 Å². The highest BCUT2D eigenvalue weighted by atomic mass is 35.5. The lowest BCUT2D eigenvalue weighted by Gasteiger charge is -1.98. The monoisotopic (exact) mass is 232 g/mol. The highest BCUT2D eigenvalue weighted by Gasteiger charge is 2.08. The number of aromatic nitrogens is 6. The average molecular weight is 233 g/mol. The molecule has 6 nitrogen and oxygen atoms in total. The minimum absolute atomic E-state index is 0.171. The zero-order chi connectivity index (χ0) is 11.0. The predicted octanol–water partition coefficient (Wildman–Crippen LogP) is 1.26. The molecule has 0 unspecified atom stereocenters. The molecular weight excluding hydrogens is 228 g/mol. The number of fused-ring (bicyclic) bond motifs is 1. The Balaban J connectivity index is 2.29. The van der Waals surface area contributed by atoms with Gasteiger partial charge in [-0.2, -0.15) is 14.8 Å². The van der Waals surface area contributed by atoms with Crippen LogP contribution in [-0.2, 0) is 0 Å². The van der Waals surface area contributed by atoms with Gasteiger partial charge in [0.1, 0.15) is 0 Å². The first-order valence-electron chi connectivity index (χ1n) is 4.48. The third-order valence-electron chi connectivity index (χ3n) is 2.02. The Morgan fingerprint density at radius 3 is 2.69 bits per heavy atom. The molecule has 0 fully saturated rings. The maximum atomic E-state index is 5.73. The lowest BCUT2D eigenvalue weighted by Crippen LogP contribution is -2.02. The second-order valence-electron chi connectivity index (χ2n) is 3.02. The van der Waals surface area contributed by atoms with Crippen LogP contribution in [0.25, 0.3) is 17.0 Å². The van der Waals surface area contributed by atoms with Gasteiger partial charge in [-0.25, -0.2) is 15.0 Å². The predicted molar refractivity (Wildman–Crippen MR) is 57.3 cm³/mol. The van der Waals surface area contributed by atoms with Crippen molar-refractivity contribution in [2.75, 3.05) is 0 Å². The molecule has 0 aromatic carbocycles. The molecule has 0 spiro atoms. The number of hydrogen-bond acceptors (Lipinski definition) is 5. The maximum absolute atomic E-state index is 5.73. The fraction of sp³-hybridized carbons (Fsp3) is 0. The van der Waals surface area contributed by atoms with Gasteiger partial charge in [-0.05, 0) is 17.7 Å². The summed E-state index contributed by atoms with van der Waals surface area (Å²) < 4.78 is 1.52. The minimum atomic E-state index is 0.171. The second kappa shape index (κ2) is 3.49. The van der Waals surface area contributed by atoms with E-state index in [1.807, 2.05) is 0 Å². The molecule has 0 N–H and O–H groups in total. The molecule has 0 saturated heterocycles. The zero-order valence-corrected chi connectivity index (χ0v) is 8.70. The second-order valence-corrected chi connectivity index (χ2v) is 3.36. The van der Waals surface area contributed by atoms with Crippen molar-refractivity contribution in [3.63, 3.8) is 0 Å². The fourth-order valence-corrected chi connectivity index (χ4v) is 1.47. The third-order valence-corrected chi connectivity index (χ3v) is 2.20. The summed E-state index contributed by atoms with van der Waals surface area (Å²) in [5.74, 6) is 0.451. The number of nitrogens with zero attached hydrogens (tertiary/aromatic N) is 6. The van der Waals surface area contributed by atoms with Crippen LogP contribution in [0.3, 0.4) is 0 Å². The first-order valence-corrected chi connectivity index (χ1v) is 4.86. The summed E-state index contributed by atoms with van der Waals surface area (Å²) in [7, 11) is 0. The van der Waals surface area contributed by atoms with Crippen LogP contribution in [0.1, 0.15) is 0 Å². The van der Waals surface area contributed by atoms with E-state index in [-0.39, 0.29) is 5.28 Å². The van der Waals surface area contributed by atoms with Crippen LogP contribution < -0.4 is 0 Å². The van der Waals surface area contributed by atoms with Gasteiger partial charge in [-0.15, -0.1) is 0 Å². The van der Waals surface area contributed by atoms with Crippen molar-refractivity contribution in [2.24, 2.45) is 0 Å². The van der Waals surface area contributed by atoms with E-state index in [9.17, 15) is 0 Å². The minimum Gasteiger partial charge on any atom is -0.226 e. The van der Waals surface area contributed by atoms with Crippen molar-refractivity contribution < 1.29 is 0 Å². The molecule has 0 amide bonds. The quantitative estimate of drug-likeness (QED) is 0.591. The van der Waals surface area contributed by atoms with Crippen LogP contribution in [0.5, 0.6) is 0 Å². The van der Waals surface area contributed by atoms with Crippen LogP contribution in [0.2, 0.25) is 5.28 Å². The molecule has 0 atom stereocenters. The molecule has 0 aliphatic carbocycles. The summed E-state index contributed by atoms with van der Waals surface area (Å²) in [5, 5.41) is 5.10. The largest absolute Gasteiger partial charge is 0.252 e. The summed E-state index contributed by atoms with van der Waals surface area (Å²) in [6.07, 6.45) is 6.52. The van der Waals surface area contributed by atoms with Crippen molar-refractivity contribution >= 4 is 22.6 Å². The zero-order valence-electron chi connectivity index (χ0n) is 7.95. The smallest absolute Gasteiger partial charge is 0.226 e. The molecule has 0 bridgehead atoms. The molecule has 3 aromatic heterocycles. The number of hydrogen-bond donors (Lipinski definition) is 0. The first-order chi connectivity index (χ1) is 7.84. The van der Waals surface area contributed by atoms with Gasteiger partial charge in [-0.3, -0.25) is 0 Å². The molecule has 16 heavy (non-hydrogen) atoms. The van der Waals surface area contributed by atoms with E-state index in [2.05, 4.69) is 25.0 Å². The summed E-state index contributed by atoms with van der Waals surface area (Å²) in [4.78, 5) is 16.1. The Bertz CT molecular complexity index is 635. The highest BCUT2D eigenvalue weighted by Crippen LogP contribution is 2.14. The van der Waals surface area contributed by atoms with Gasteiger partial charge in [0, 0.05) is 18.6 Å². The van der Waals surface area contributed by atoms with Gasteiger partial charge in [0.2, 0.25) is 5.28 Å². The van der Waals surface area contributed by atoms with Crippen LogP contribution in [0, 0.1) is 0 Å². The van der Waals surface area contributed by atoms with Gasteiger partial charge in [-0.1, -0.05) is 0 Å². The summed E-state index contributed by atoms with van der Waals surface area (Å²) >= 11 is 5.73. The molecule has 78 valence electrons. The molecule has 3 aromatic rings. The molecule has 0 saturated carbocycles. The molecular formula is C9H5ClN6. The third kappa shape index (κ3) is 1.40. The van der Waals surface area contributed by atoms with Gasteiger partial charge in [0.15, 0.2) is 5.65 Å². The molecule has 0 radical (unpaired) electrons. The molecule has 3 heterocycles. The van der Waals surface area contributed by atoms with Gasteiger partial charge in [0.05, 0.1) is 11.6 Å². The Hall–Kier alpha value is -2.08. The van der Waals surface area contributed by atoms with Gasteiger partial charge in [0.25, 0.3) is 5.95 Å². The van der Waals surface area contributed by atoms with E-state index in [0.717, 1.165) is 5.39 Å². The van der Waals surface area contributed by atoms with Crippen molar-refractivity contribution in [3.05, 3.63) is 36.1 Å². The van der Waals surface area contributed by atoms with E-state index in [1.54, 1.807) is 30.9 Å². The highest BCUT2D eigenvalue weighted by molar-refractivity contribution is 6.28. The summed E-state index contributed by atoms with van der Waals surface area (Å²) in [6.45, 7) is 0. The Kier molecular flexibility index (Phi) is 2.00. The van der Waals surface area contributed by atoms with Crippen molar-refractivity contribution in [1.82, 2.24) is 29.7 Å². The van der Waals surface area contributed by atoms with E-state index in [4.69, 9.17) is 11.6 Å². The van der Waals surface area contributed by atoms with E-state index in [1.165, 1.54) is 4.68 Å². The lowest BCUT2D eigenvalue weighted by atomic mass is 10.4. The SMILES string of the molecule is Clc1ncc2cnn(-c3ncccn3)c2n1. The Labute approximate surface area is 95.0 Å². The van der Waals surface area contributed by atoms with Crippen LogP contribution >= 0.6 is 11.6 Å². The lowest BCUT2D eigenvalue weighted by molar-refractivity contribution is 0.822. The van der Waals surface area contributed by atoms with Crippen molar-refractivity contribution in [1.29, 1.82) is 0 Å². The molecule has 0 aliphatic heterocycles. The Morgan fingerprint density at radius 1 is 1.06 bits per heavy atom. The van der Waals surface area contributed by atoms with Crippen LogP contribution in [0.4, 0.5) is 0 Å². The van der Waals surface area contributed by atoms with Gasteiger partial charge < -0.3 is 0 Å². The maximum Gasteiger partial charge on any atom is 0.252 e. The summed E-state index contributed by atoms with van der Waals surface area (Å²) in [5.41, 5.74) is 0.589. The topological polar surface area (TPSA) is 69.4 Å². The Morgan fingerprint density at radius 2 is 1.88 bits per heavy atom. The normalized spacial score (nSPS) is 10.8. The van der Waals surface area contributed by atoms with Crippen LogP contribution in [0.15, 0.2) is 30.9 Å².